The lowest BCUT2D eigenvalue weighted by molar-refractivity contribution is -0.125. The Balaban J connectivity index is 1.95. The number of hydrogen-bond donors (Lipinski definition) is 1. The van der Waals surface area contributed by atoms with Crippen LogP contribution in [0.2, 0.25) is 5.02 Å². The van der Waals surface area contributed by atoms with Gasteiger partial charge in [-0.25, -0.2) is 0 Å². The number of anilines is 1. The van der Waals surface area contributed by atoms with E-state index in [1.165, 1.54) is 7.11 Å². The molecule has 1 aliphatic heterocycles. The Morgan fingerprint density at radius 1 is 1.27 bits per heavy atom. The molecule has 0 radical (unpaired) electrons. The minimum absolute atomic E-state index is 0.150. The molecule has 1 saturated heterocycles. The zero-order chi connectivity index (χ0) is 18.6. The number of methoxy groups -OCH3 is 1. The van der Waals surface area contributed by atoms with E-state index in [-0.39, 0.29) is 5.91 Å². The van der Waals surface area contributed by atoms with Crippen molar-refractivity contribution in [1.82, 2.24) is 0 Å². The van der Waals surface area contributed by atoms with Crippen LogP contribution >= 0.6 is 11.6 Å². The maximum atomic E-state index is 13.3. The Hall–Kier alpha value is -2.55. The Morgan fingerprint density at radius 2 is 2.00 bits per heavy atom. The fraction of sp³-hybridized carbons (Fsp3) is 0.300. The second-order valence-electron chi connectivity index (χ2n) is 6.16. The highest BCUT2D eigenvalue weighted by Gasteiger charge is 2.43. The molecule has 3 rings (SSSR count). The molecule has 26 heavy (non-hydrogen) atoms. The van der Waals surface area contributed by atoms with Gasteiger partial charge >= 0.3 is 0 Å². The van der Waals surface area contributed by atoms with Crippen molar-refractivity contribution >= 4 is 23.2 Å². The van der Waals surface area contributed by atoms with E-state index in [0.717, 1.165) is 5.56 Å². The summed E-state index contributed by atoms with van der Waals surface area (Å²) in [5.74, 6) is 0.320. The summed E-state index contributed by atoms with van der Waals surface area (Å²) >= 11 is 6.40. The van der Waals surface area contributed by atoms with E-state index < -0.39 is 5.41 Å². The molecule has 0 aromatic heterocycles. The number of ether oxygens (including phenoxy) is 2. The third kappa shape index (κ3) is 3.39. The standard InChI is InChI=1S/C20H19ClN2O3/c1-25-18-7-6-15(12-14(18)13-22)23-19(24)20(8-10-26-11-9-20)16-4-2-3-5-17(16)21/h2-7,12H,8-11H2,1H3,(H,23,24). The summed E-state index contributed by atoms with van der Waals surface area (Å²) < 4.78 is 10.6. The lowest BCUT2D eigenvalue weighted by Crippen LogP contribution is -2.45. The molecule has 1 amide bonds. The van der Waals surface area contributed by atoms with Gasteiger partial charge in [0.2, 0.25) is 5.91 Å². The fourth-order valence-electron chi connectivity index (χ4n) is 3.31. The van der Waals surface area contributed by atoms with E-state index in [0.29, 0.717) is 48.1 Å². The SMILES string of the molecule is COc1ccc(NC(=O)C2(c3ccccc3Cl)CCOCC2)cc1C#N. The van der Waals surface area contributed by atoms with Crippen LogP contribution in [0, 0.1) is 11.3 Å². The molecule has 0 spiro atoms. The normalized spacial score (nSPS) is 15.7. The van der Waals surface area contributed by atoms with Crippen molar-refractivity contribution in [2.45, 2.75) is 18.3 Å². The maximum absolute atomic E-state index is 13.3. The van der Waals surface area contributed by atoms with Gasteiger partial charge in [-0.15, -0.1) is 0 Å². The zero-order valence-corrected chi connectivity index (χ0v) is 15.2. The molecule has 0 atom stereocenters. The van der Waals surface area contributed by atoms with E-state index in [2.05, 4.69) is 11.4 Å². The van der Waals surface area contributed by atoms with Crippen molar-refractivity contribution < 1.29 is 14.3 Å². The third-order valence-corrected chi connectivity index (χ3v) is 5.08. The number of nitriles is 1. The zero-order valence-electron chi connectivity index (χ0n) is 14.4. The van der Waals surface area contributed by atoms with Crippen LogP contribution in [0.4, 0.5) is 5.69 Å². The molecule has 1 fully saturated rings. The Morgan fingerprint density at radius 3 is 2.65 bits per heavy atom. The average Bonchev–Trinajstić information content (AvgIpc) is 2.68. The van der Waals surface area contributed by atoms with Gasteiger partial charge in [-0.1, -0.05) is 29.8 Å². The van der Waals surface area contributed by atoms with Crippen molar-refractivity contribution in [3.63, 3.8) is 0 Å². The number of carbonyl (C=O) groups excluding carboxylic acids is 1. The van der Waals surface area contributed by atoms with Crippen LogP contribution in [-0.2, 0) is 14.9 Å². The number of nitrogens with zero attached hydrogens (tertiary/aromatic N) is 1. The summed E-state index contributed by atoms with van der Waals surface area (Å²) in [6.45, 7) is 0.982. The van der Waals surface area contributed by atoms with Gasteiger partial charge in [0, 0.05) is 23.9 Å². The van der Waals surface area contributed by atoms with E-state index in [1.54, 1.807) is 24.3 Å². The van der Waals surface area contributed by atoms with Crippen LogP contribution in [0.15, 0.2) is 42.5 Å². The first-order valence-electron chi connectivity index (χ1n) is 8.33. The highest BCUT2D eigenvalue weighted by Crippen LogP contribution is 2.39. The smallest absolute Gasteiger partial charge is 0.235 e. The van der Waals surface area contributed by atoms with Gasteiger partial charge in [0.15, 0.2) is 0 Å². The number of halogens is 1. The van der Waals surface area contributed by atoms with Gasteiger partial charge in [0.05, 0.1) is 18.1 Å². The topological polar surface area (TPSA) is 71.3 Å². The number of amides is 1. The largest absolute Gasteiger partial charge is 0.495 e. The van der Waals surface area contributed by atoms with Gasteiger partial charge in [-0.3, -0.25) is 4.79 Å². The molecule has 2 aromatic rings. The number of benzene rings is 2. The summed E-state index contributed by atoms with van der Waals surface area (Å²) in [7, 11) is 1.50. The van der Waals surface area contributed by atoms with Crippen molar-refractivity contribution in [2.24, 2.45) is 0 Å². The molecule has 0 saturated carbocycles. The second-order valence-corrected chi connectivity index (χ2v) is 6.56. The molecule has 0 bridgehead atoms. The molecule has 5 nitrogen and oxygen atoms in total. The maximum Gasteiger partial charge on any atom is 0.235 e. The first-order chi connectivity index (χ1) is 12.6. The van der Waals surface area contributed by atoms with Crippen molar-refractivity contribution in [3.8, 4) is 11.8 Å². The Kier molecular flexibility index (Phi) is 5.46. The van der Waals surface area contributed by atoms with Crippen LogP contribution in [0.3, 0.4) is 0 Å². The lowest BCUT2D eigenvalue weighted by Gasteiger charge is -2.36. The van der Waals surface area contributed by atoms with Crippen molar-refractivity contribution in [3.05, 3.63) is 58.6 Å². The van der Waals surface area contributed by atoms with E-state index in [1.807, 2.05) is 18.2 Å². The van der Waals surface area contributed by atoms with Gasteiger partial charge in [-0.05, 0) is 42.7 Å². The van der Waals surface area contributed by atoms with E-state index >= 15 is 0 Å². The van der Waals surface area contributed by atoms with Gasteiger partial charge in [0.1, 0.15) is 11.8 Å². The van der Waals surface area contributed by atoms with Gasteiger partial charge in [-0.2, -0.15) is 5.26 Å². The third-order valence-electron chi connectivity index (χ3n) is 4.75. The van der Waals surface area contributed by atoms with Crippen LogP contribution in [0.5, 0.6) is 5.75 Å². The molecule has 1 N–H and O–H groups in total. The molecular formula is C20H19ClN2O3. The average molecular weight is 371 g/mol. The van der Waals surface area contributed by atoms with Crippen LogP contribution in [-0.4, -0.2) is 26.2 Å². The molecule has 134 valence electrons. The number of hydrogen-bond acceptors (Lipinski definition) is 4. The molecule has 0 unspecified atom stereocenters. The molecule has 1 aliphatic rings. The van der Waals surface area contributed by atoms with Gasteiger partial charge < -0.3 is 14.8 Å². The van der Waals surface area contributed by atoms with E-state index in [4.69, 9.17) is 21.1 Å². The van der Waals surface area contributed by atoms with Crippen LogP contribution in [0.1, 0.15) is 24.0 Å². The first-order valence-corrected chi connectivity index (χ1v) is 8.71. The molecule has 0 aliphatic carbocycles. The number of rotatable bonds is 4. The molecule has 2 aromatic carbocycles. The Bertz CT molecular complexity index is 854. The second kappa shape index (κ2) is 7.77. The number of nitrogens with one attached hydrogen (secondary N) is 1. The lowest BCUT2D eigenvalue weighted by atomic mass is 9.73. The quantitative estimate of drug-likeness (QED) is 0.885. The summed E-state index contributed by atoms with van der Waals surface area (Å²) in [4.78, 5) is 13.3. The summed E-state index contributed by atoms with van der Waals surface area (Å²) in [5.41, 5.74) is 0.953. The molecule has 6 heteroatoms. The first kappa shape index (κ1) is 18.2. The van der Waals surface area contributed by atoms with Crippen molar-refractivity contribution in [2.75, 3.05) is 25.6 Å². The summed E-state index contributed by atoms with van der Waals surface area (Å²) in [5, 5.41) is 12.8. The highest BCUT2D eigenvalue weighted by molar-refractivity contribution is 6.31. The predicted octanol–water partition coefficient (Wildman–Crippen LogP) is 3.91. The monoisotopic (exact) mass is 370 g/mol. The van der Waals surface area contributed by atoms with Crippen molar-refractivity contribution in [1.29, 1.82) is 5.26 Å². The number of carbonyl (C=O) groups is 1. The fourth-order valence-corrected chi connectivity index (χ4v) is 3.63. The highest BCUT2D eigenvalue weighted by atomic mass is 35.5. The minimum Gasteiger partial charge on any atom is -0.495 e. The molecular weight excluding hydrogens is 352 g/mol. The predicted molar refractivity (Wildman–Crippen MR) is 99.5 cm³/mol. The van der Waals surface area contributed by atoms with E-state index in [9.17, 15) is 10.1 Å². The summed E-state index contributed by atoms with van der Waals surface area (Å²) in [6, 6.07) is 14.5. The van der Waals surface area contributed by atoms with Crippen LogP contribution < -0.4 is 10.1 Å². The van der Waals surface area contributed by atoms with Crippen LogP contribution in [0.25, 0.3) is 0 Å². The summed E-state index contributed by atoms with van der Waals surface area (Å²) in [6.07, 6.45) is 1.09. The molecule has 1 heterocycles. The van der Waals surface area contributed by atoms with Gasteiger partial charge in [0.25, 0.3) is 0 Å². The Labute approximate surface area is 157 Å². The minimum atomic E-state index is -0.761.